The molecule has 0 radical (unpaired) electrons. The summed E-state index contributed by atoms with van der Waals surface area (Å²) in [4.78, 5) is 16.3. The van der Waals surface area contributed by atoms with Crippen molar-refractivity contribution in [3.8, 4) is 5.75 Å². The smallest absolute Gasteiger partial charge is 0.230 e. The topological polar surface area (TPSA) is 54.1 Å². The molecule has 2 N–H and O–H groups in total. The lowest BCUT2D eigenvalue weighted by Crippen LogP contribution is -2.41. The van der Waals surface area contributed by atoms with Crippen LogP contribution in [0.4, 0.5) is 0 Å². The Hall–Kier alpha value is -2.75. The molecular formula is C22H26N2O2. The number of aromatic nitrogens is 1. The van der Waals surface area contributed by atoms with Crippen molar-refractivity contribution in [2.75, 3.05) is 13.7 Å². The quantitative estimate of drug-likeness (QED) is 0.702. The molecule has 0 spiro atoms. The number of aromatic amines is 1. The molecule has 1 amide bonds. The number of amides is 1. The van der Waals surface area contributed by atoms with Gasteiger partial charge in [0.15, 0.2) is 0 Å². The van der Waals surface area contributed by atoms with Crippen molar-refractivity contribution in [1.82, 2.24) is 10.3 Å². The summed E-state index contributed by atoms with van der Waals surface area (Å²) in [5, 5.41) is 4.20. The Bertz CT molecular complexity index is 925. The highest BCUT2D eigenvalue weighted by atomic mass is 16.5. The number of H-pyrrole nitrogens is 1. The maximum absolute atomic E-state index is 12.9. The van der Waals surface area contributed by atoms with Gasteiger partial charge in [-0.3, -0.25) is 4.79 Å². The minimum Gasteiger partial charge on any atom is -0.496 e. The summed E-state index contributed by atoms with van der Waals surface area (Å²) < 4.78 is 5.38. The van der Waals surface area contributed by atoms with Crippen LogP contribution in [0.5, 0.6) is 5.75 Å². The zero-order valence-corrected chi connectivity index (χ0v) is 15.8. The maximum atomic E-state index is 12.9. The van der Waals surface area contributed by atoms with Crippen LogP contribution < -0.4 is 10.1 Å². The molecule has 0 aliphatic heterocycles. The van der Waals surface area contributed by atoms with Crippen molar-refractivity contribution in [1.29, 1.82) is 0 Å². The van der Waals surface area contributed by atoms with E-state index in [0.717, 1.165) is 39.9 Å². The number of aryl methyl sites for hydroxylation is 1. The van der Waals surface area contributed by atoms with Crippen molar-refractivity contribution < 1.29 is 9.53 Å². The molecule has 4 nitrogen and oxygen atoms in total. The van der Waals surface area contributed by atoms with Gasteiger partial charge >= 0.3 is 0 Å². The molecule has 3 aromatic rings. The van der Waals surface area contributed by atoms with Gasteiger partial charge < -0.3 is 15.0 Å². The lowest BCUT2D eigenvalue weighted by molar-refractivity contribution is -0.125. The minimum absolute atomic E-state index is 0.0280. The molecule has 0 aliphatic carbocycles. The fourth-order valence-corrected chi connectivity index (χ4v) is 3.64. The van der Waals surface area contributed by atoms with Crippen molar-refractivity contribution in [3.05, 3.63) is 65.4 Å². The zero-order chi connectivity index (χ0) is 18.7. The van der Waals surface area contributed by atoms with E-state index in [0.29, 0.717) is 6.54 Å². The number of ether oxygens (including phenoxy) is 1. The fraction of sp³-hybridized carbons (Fsp3) is 0.318. The first-order chi connectivity index (χ1) is 12.4. The number of hydrogen-bond donors (Lipinski definition) is 2. The summed E-state index contributed by atoms with van der Waals surface area (Å²) in [6.07, 6.45) is 0.735. The molecule has 0 unspecified atom stereocenters. The van der Waals surface area contributed by atoms with E-state index in [9.17, 15) is 4.79 Å². The second-order valence-electron chi connectivity index (χ2n) is 7.11. The minimum atomic E-state index is -0.621. The second-order valence-corrected chi connectivity index (χ2v) is 7.11. The molecule has 0 saturated carbocycles. The van der Waals surface area contributed by atoms with Crippen LogP contribution in [0.25, 0.3) is 10.9 Å². The van der Waals surface area contributed by atoms with E-state index < -0.39 is 5.41 Å². The van der Waals surface area contributed by atoms with Crippen molar-refractivity contribution in [2.45, 2.75) is 32.6 Å². The SMILES string of the molecule is COc1ccccc1CCNC(=O)C(C)(C)c1c(C)[nH]c2ccccc12. The van der Waals surface area contributed by atoms with E-state index in [1.165, 1.54) is 0 Å². The molecule has 0 fully saturated rings. The molecule has 26 heavy (non-hydrogen) atoms. The van der Waals surface area contributed by atoms with E-state index >= 15 is 0 Å². The summed E-state index contributed by atoms with van der Waals surface area (Å²) in [6, 6.07) is 16.0. The molecule has 1 heterocycles. The Morgan fingerprint density at radius 1 is 1.12 bits per heavy atom. The Kier molecular flexibility index (Phi) is 5.03. The molecular weight excluding hydrogens is 324 g/mol. The Balaban J connectivity index is 1.75. The predicted molar refractivity (Wildman–Crippen MR) is 106 cm³/mol. The van der Waals surface area contributed by atoms with Gasteiger partial charge in [0.05, 0.1) is 12.5 Å². The van der Waals surface area contributed by atoms with Crippen molar-refractivity contribution >= 4 is 16.8 Å². The van der Waals surface area contributed by atoms with Crippen LogP contribution >= 0.6 is 0 Å². The van der Waals surface area contributed by atoms with E-state index in [4.69, 9.17) is 4.74 Å². The molecule has 3 rings (SSSR count). The first-order valence-corrected chi connectivity index (χ1v) is 8.93. The number of para-hydroxylation sites is 2. The van der Waals surface area contributed by atoms with Gasteiger partial charge in [-0.2, -0.15) is 0 Å². The summed E-state index contributed by atoms with van der Waals surface area (Å²) >= 11 is 0. The number of rotatable bonds is 6. The first-order valence-electron chi connectivity index (χ1n) is 8.93. The maximum Gasteiger partial charge on any atom is 0.230 e. The lowest BCUT2D eigenvalue weighted by Gasteiger charge is -2.25. The second kappa shape index (κ2) is 7.24. The number of methoxy groups -OCH3 is 1. The van der Waals surface area contributed by atoms with E-state index in [1.807, 2.05) is 63.2 Å². The Morgan fingerprint density at radius 2 is 1.81 bits per heavy atom. The third-order valence-electron chi connectivity index (χ3n) is 4.96. The molecule has 136 valence electrons. The van der Waals surface area contributed by atoms with Crippen LogP contribution in [-0.2, 0) is 16.6 Å². The van der Waals surface area contributed by atoms with Gasteiger partial charge in [-0.05, 0) is 50.5 Å². The Morgan fingerprint density at radius 3 is 2.58 bits per heavy atom. The van der Waals surface area contributed by atoms with Crippen LogP contribution in [0.15, 0.2) is 48.5 Å². The average molecular weight is 350 g/mol. The van der Waals surface area contributed by atoms with E-state index in [-0.39, 0.29) is 5.91 Å². The van der Waals surface area contributed by atoms with Gasteiger partial charge in [-0.25, -0.2) is 0 Å². The highest BCUT2D eigenvalue weighted by Crippen LogP contribution is 2.33. The van der Waals surface area contributed by atoms with E-state index in [2.05, 4.69) is 16.4 Å². The third kappa shape index (κ3) is 3.32. The number of hydrogen-bond acceptors (Lipinski definition) is 2. The Labute approximate surface area is 154 Å². The van der Waals surface area contributed by atoms with Gasteiger partial charge in [0.25, 0.3) is 0 Å². The van der Waals surface area contributed by atoms with Crippen LogP contribution in [-0.4, -0.2) is 24.5 Å². The number of nitrogens with one attached hydrogen (secondary N) is 2. The number of benzene rings is 2. The van der Waals surface area contributed by atoms with Crippen LogP contribution in [0.1, 0.15) is 30.7 Å². The number of fused-ring (bicyclic) bond motifs is 1. The van der Waals surface area contributed by atoms with Gasteiger partial charge in [-0.1, -0.05) is 36.4 Å². The number of carbonyl (C=O) groups excluding carboxylic acids is 1. The molecule has 1 aromatic heterocycles. The fourth-order valence-electron chi connectivity index (χ4n) is 3.64. The highest BCUT2D eigenvalue weighted by molar-refractivity contribution is 5.95. The van der Waals surface area contributed by atoms with Crippen LogP contribution in [0.2, 0.25) is 0 Å². The van der Waals surface area contributed by atoms with Gasteiger partial charge in [0, 0.05) is 23.1 Å². The largest absolute Gasteiger partial charge is 0.496 e. The van der Waals surface area contributed by atoms with Gasteiger partial charge in [-0.15, -0.1) is 0 Å². The predicted octanol–water partition coefficient (Wildman–Crippen LogP) is 4.12. The zero-order valence-electron chi connectivity index (χ0n) is 15.8. The molecule has 0 aliphatic rings. The summed E-state index contributed by atoms with van der Waals surface area (Å²) in [5.74, 6) is 0.883. The summed E-state index contributed by atoms with van der Waals surface area (Å²) in [6.45, 7) is 6.56. The van der Waals surface area contributed by atoms with Gasteiger partial charge in [0.1, 0.15) is 5.75 Å². The third-order valence-corrected chi connectivity index (χ3v) is 4.96. The van der Waals surface area contributed by atoms with Crippen molar-refractivity contribution in [3.63, 3.8) is 0 Å². The average Bonchev–Trinajstić information content (AvgIpc) is 2.98. The molecule has 2 aromatic carbocycles. The van der Waals surface area contributed by atoms with Crippen LogP contribution in [0, 0.1) is 6.92 Å². The summed E-state index contributed by atoms with van der Waals surface area (Å²) in [5.41, 5.74) is 3.63. The lowest BCUT2D eigenvalue weighted by atomic mass is 9.81. The standard InChI is InChI=1S/C22H26N2O2/c1-15-20(17-10-6-7-11-18(17)24-15)22(2,3)21(25)23-14-13-16-9-5-8-12-19(16)26-4/h5-12,24H,13-14H2,1-4H3,(H,23,25). The first kappa shape index (κ1) is 18.1. The van der Waals surface area contributed by atoms with Gasteiger partial charge in [0.2, 0.25) is 5.91 Å². The normalized spacial score (nSPS) is 11.5. The van der Waals surface area contributed by atoms with E-state index in [1.54, 1.807) is 7.11 Å². The highest BCUT2D eigenvalue weighted by Gasteiger charge is 2.33. The molecule has 0 atom stereocenters. The molecule has 0 bridgehead atoms. The van der Waals surface area contributed by atoms with Crippen molar-refractivity contribution in [2.24, 2.45) is 0 Å². The molecule has 4 heteroatoms. The molecule has 0 saturated heterocycles. The summed E-state index contributed by atoms with van der Waals surface area (Å²) in [7, 11) is 1.67. The van der Waals surface area contributed by atoms with Crippen LogP contribution in [0.3, 0.4) is 0 Å². The monoisotopic (exact) mass is 350 g/mol. The number of carbonyl (C=O) groups is 1.